The molecule has 1 aliphatic rings. The number of para-hydroxylation sites is 2. The van der Waals surface area contributed by atoms with E-state index in [0.29, 0.717) is 33.5 Å². The van der Waals surface area contributed by atoms with Crippen LogP contribution in [0.4, 0.5) is 5.82 Å². The Kier molecular flexibility index (Phi) is 4.95. The molecule has 0 fully saturated rings. The Morgan fingerprint density at radius 2 is 1.64 bits per heavy atom. The van der Waals surface area contributed by atoms with Gasteiger partial charge in [0, 0.05) is 17.3 Å². The van der Waals surface area contributed by atoms with Crippen LogP contribution in [-0.4, -0.2) is 23.5 Å². The number of hydrogen-bond acceptors (Lipinski definition) is 5. The summed E-state index contributed by atoms with van der Waals surface area (Å²) in [5.41, 5.74) is 1.40. The molecule has 1 amide bonds. The Labute approximate surface area is 166 Å². The fraction of sp³-hybridized carbons (Fsp3) is 0.0952. The minimum absolute atomic E-state index is 0.326. The molecule has 0 aliphatic carbocycles. The highest BCUT2D eigenvalue weighted by molar-refractivity contribution is 6.30. The number of nitrogens with one attached hydrogen (secondary N) is 1. The summed E-state index contributed by atoms with van der Waals surface area (Å²) in [5, 5.41) is 3.01. The summed E-state index contributed by atoms with van der Waals surface area (Å²) in [7, 11) is 0. The molecule has 0 saturated carbocycles. The van der Waals surface area contributed by atoms with Crippen molar-refractivity contribution in [1.29, 1.82) is 0 Å². The number of nitrogens with zero attached hydrogens (tertiary/aromatic N) is 1. The first-order chi connectivity index (χ1) is 13.6. The van der Waals surface area contributed by atoms with Gasteiger partial charge < -0.3 is 14.8 Å². The first-order valence-corrected chi connectivity index (χ1v) is 8.93. The number of carbonyl (C=O) groups excluding carboxylic acids is 2. The molecular formula is C21H15ClN2O4. The van der Waals surface area contributed by atoms with Crippen molar-refractivity contribution >= 4 is 29.3 Å². The first kappa shape index (κ1) is 18.0. The molecule has 2 heterocycles. The number of carbonyl (C=O) groups is 2. The maximum atomic E-state index is 12.8. The predicted octanol–water partition coefficient (Wildman–Crippen LogP) is 4.15. The van der Waals surface area contributed by atoms with E-state index in [1.165, 1.54) is 6.20 Å². The monoisotopic (exact) mass is 394 g/mol. The van der Waals surface area contributed by atoms with Gasteiger partial charge in [0.1, 0.15) is 23.2 Å². The van der Waals surface area contributed by atoms with Gasteiger partial charge >= 0.3 is 5.97 Å². The largest absolute Gasteiger partial charge is 0.457 e. The van der Waals surface area contributed by atoms with E-state index >= 15 is 0 Å². The quantitative estimate of drug-likeness (QED) is 0.672. The van der Waals surface area contributed by atoms with Gasteiger partial charge in [0.05, 0.1) is 5.02 Å². The van der Waals surface area contributed by atoms with Gasteiger partial charge in [0.25, 0.3) is 5.91 Å². The molecule has 6 nitrogen and oxygen atoms in total. The van der Waals surface area contributed by atoms with Crippen molar-refractivity contribution in [3.63, 3.8) is 0 Å². The van der Waals surface area contributed by atoms with Crippen LogP contribution in [0.1, 0.15) is 17.0 Å². The van der Waals surface area contributed by atoms with Crippen LogP contribution in [0.25, 0.3) is 0 Å². The summed E-state index contributed by atoms with van der Waals surface area (Å²) in [6, 6.07) is 17.7. The highest BCUT2D eigenvalue weighted by Gasteiger charge is 2.33. The third kappa shape index (κ3) is 3.68. The Hall–Kier alpha value is -3.38. The van der Waals surface area contributed by atoms with E-state index in [1.807, 2.05) is 36.4 Å². The zero-order valence-corrected chi connectivity index (χ0v) is 15.3. The van der Waals surface area contributed by atoms with Gasteiger partial charge in [-0.3, -0.25) is 9.59 Å². The number of pyridine rings is 1. The topological polar surface area (TPSA) is 77.5 Å². The molecule has 7 heteroatoms. The molecule has 0 atom stereocenters. The standard InChI is InChI=1S/C21H15ClN2O4/c22-13-9-10-18(23-11-13)24-19(25)12-27-21(26)20-14-5-1-3-7-16(14)28-17-8-4-2-6-15(17)20/h1-11,20H,12H2,(H,23,24,25). The third-order valence-electron chi connectivity index (χ3n) is 4.26. The number of hydrogen-bond donors (Lipinski definition) is 1. The Morgan fingerprint density at radius 3 is 2.25 bits per heavy atom. The minimum atomic E-state index is -0.664. The number of esters is 1. The van der Waals surface area contributed by atoms with Crippen molar-refractivity contribution < 1.29 is 19.1 Å². The molecule has 0 bridgehead atoms. The lowest BCUT2D eigenvalue weighted by atomic mass is 9.88. The number of rotatable bonds is 4. The van der Waals surface area contributed by atoms with Crippen molar-refractivity contribution in [1.82, 2.24) is 4.98 Å². The van der Waals surface area contributed by atoms with E-state index in [-0.39, 0.29) is 0 Å². The van der Waals surface area contributed by atoms with Gasteiger partial charge in [-0.2, -0.15) is 0 Å². The molecule has 140 valence electrons. The van der Waals surface area contributed by atoms with Gasteiger partial charge in [-0.1, -0.05) is 48.0 Å². The van der Waals surface area contributed by atoms with E-state index in [9.17, 15) is 9.59 Å². The molecule has 4 rings (SSSR count). The summed E-state index contributed by atoms with van der Waals surface area (Å²) in [6.07, 6.45) is 1.42. The number of fused-ring (bicyclic) bond motifs is 2. The van der Waals surface area contributed by atoms with Crippen LogP contribution in [0, 0.1) is 0 Å². The summed E-state index contributed by atoms with van der Waals surface area (Å²) >= 11 is 5.76. The number of benzene rings is 2. The molecular weight excluding hydrogens is 380 g/mol. The Bertz CT molecular complexity index is 991. The molecule has 0 radical (unpaired) electrons. The van der Waals surface area contributed by atoms with Crippen LogP contribution >= 0.6 is 11.6 Å². The van der Waals surface area contributed by atoms with Crippen LogP contribution in [0.3, 0.4) is 0 Å². The maximum Gasteiger partial charge on any atom is 0.318 e. The molecule has 2 aromatic carbocycles. The number of ether oxygens (including phenoxy) is 2. The Morgan fingerprint density at radius 1 is 1.00 bits per heavy atom. The van der Waals surface area contributed by atoms with E-state index in [0.717, 1.165) is 0 Å². The Balaban J connectivity index is 1.49. The smallest absolute Gasteiger partial charge is 0.318 e. The average molecular weight is 395 g/mol. The van der Waals surface area contributed by atoms with Gasteiger partial charge in [0.2, 0.25) is 0 Å². The summed E-state index contributed by atoms with van der Waals surface area (Å²) in [4.78, 5) is 28.9. The SMILES string of the molecule is O=C(COC(=O)C1c2ccccc2Oc2ccccc21)Nc1ccc(Cl)cn1. The highest BCUT2D eigenvalue weighted by Crippen LogP contribution is 2.44. The maximum absolute atomic E-state index is 12.8. The molecule has 3 aromatic rings. The number of halogens is 1. The average Bonchev–Trinajstić information content (AvgIpc) is 2.72. The van der Waals surface area contributed by atoms with Gasteiger partial charge in [0.15, 0.2) is 6.61 Å². The highest BCUT2D eigenvalue weighted by atomic mass is 35.5. The summed E-state index contributed by atoms with van der Waals surface area (Å²) < 4.78 is 11.2. The molecule has 0 unspecified atom stereocenters. The lowest BCUT2D eigenvalue weighted by Gasteiger charge is -2.26. The third-order valence-corrected chi connectivity index (χ3v) is 4.48. The minimum Gasteiger partial charge on any atom is -0.457 e. The van der Waals surface area contributed by atoms with Crippen molar-refractivity contribution in [2.24, 2.45) is 0 Å². The van der Waals surface area contributed by atoms with Crippen LogP contribution in [-0.2, 0) is 14.3 Å². The zero-order valence-electron chi connectivity index (χ0n) is 14.6. The van der Waals surface area contributed by atoms with E-state index in [2.05, 4.69) is 10.3 Å². The second-order valence-electron chi connectivity index (χ2n) is 6.13. The van der Waals surface area contributed by atoms with Crippen molar-refractivity contribution in [2.45, 2.75) is 5.92 Å². The molecule has 1 aromatic heterocycles. The van der Waals surface area contributed by atoms with Crippen LogP contribution in [0.5, 0.6) is 11.5 Å². The second-order valence-corrected chi connectivity index (χ2v) is 6.56. The number of aromatic nitrogens is 1. The van der Waals surface area contributed by atoms with Crippen LogP contribution in [0.15, 0.2) is 66.9 Å². The molecule has 0 saturated heterocycles. The predicted molar refractivity (Wildman–Crippen MR) is 104 cm³/mol. The van der Waals surface area contributed by atoms with Crippen molar-refractivity contribution in [2.75, 3.05) is 11.9 Å². The molecule has 28 heavy (non-hydrogen) atoms. The lowest BCUT2D eigenvalue weighted by molar-refractivity contribution is -0.148. The zero-order chi connectivity index (χ0) is 19.5. The second kappa shape index (κ2) is 7.70. The molecule has 1 N–H and O–H groups in total. The van der Waals surface area contributed by atoms with Crippen molar-refractivity contribution in [3.05, 3.63) is 83.0 Å². The fourth-order valence-corrected chi connectivity index (χ4v) is 3.12. The van der Waals surface area contributed by atoms with E-state index in [1.54, 1.807) is 24.3 Å². The summed E-state index contributed by atoms with van der Waals surface area (Å²) in [5.74, 6) is -0.162. The molecule has 1 aliphatic heterocycles. The number of amides is 1. The van der Waals surface area contributed by atoms with Gasteiger partial charge in [-0.15, -0.1) is 0 Å². The fourth-order valence-electron chi connectivity index (χ4n) is 3.01. The molecule has 0 spiro atoms. The van der Waals surface area contributed by atoms with Gasteiger partial charge in [-0.25, -0.2) is 4.98 Å². The van der Waals surface area contributed by atoms with Crippen molar-refractivity contribution in [3.8, 4) is 11.5 Å². The summed E-state index contributed by atoms with van der Waals surface area (Å²) in [6.45, 7) is -0.426. The first-order valence-electron chi connectivity index (χ1n) is 8.55. The van der Waals surface area contributed by atoms with Crippen LogP contribution in [0.2, 0.25) is 5.02 Å². The van der Waals surface area contributed by atoms with E-state index in [4.69, 9.17) is 21.1 Å². The van der Waals surface area contributed by atoms with Crippen LogP contribution < -0.4 is 10.1 Å². The van der Waals surface area contributed by atoms with E-state index < -0.39 is 24.4 Å². The number of anilines is 1. The normalized spacial score (nSPS) is 12.3. The lowest BCUT2D eigenvalue weighted by Crippen LogP contribution is -2.26. The van der Waals surface area contributed by atoms with Gasteiger partial charge in [-0.05, 0) is 24.3 Å².